The summed E-state index contributed by atoms with van der Waals surface area (Å²) in [7, 11) is 3.49. The molecule has 1 amide bonds. The predicted octanol–water partition coefficient (Wildman–Crippen LogP) is -0.613. The molecule has 1 fully saturated rings. The number of rotatable bonds is 3. The second-order valence-electron chi connectivity index (χ2n) is 4.71. The van der Waals surface area contributed by atoms with Crippen molar-refractivity contribution in [3.8, 4) is 0 Å². The summed E-state index contributed by atoms with van der Waals surface area (Å²) in [5.41, 5.74) is 1.47. The number of aliphatic hydroxyl groups excluding tert-OH is 1. The zero-order valence-corrected chi connectivity index (χ0v) is 11.1. The number of aliphatic hydroxyl groups is 1. The average Bonchev–Trinajstić information content (AvgIpc) is 2.93. The Balaban J connectivity index is 2.17. The fraction of sp³-hybridized carbons (Fsp3) is 0.667. The molecule has 0 bridgehead atoms. The molecular weight excluding hydrogens is 232 g/mol. The van der Waals surface area contributed by atoms with Gasteiger partial charge in [0, 0.05) is 27.2 Å². The van der Waals surface area contributed by atoms with E-state index in [-0.39, 0.29) is 11.9 Å². The summed E-state index contributed by atoms with van der Waals surface area (Å²) >= 11 is 0. The van der Waals surface area contributed by atoms with E-state index in [9.17, 15) is 9.90 Å². The molecule has 100 valence electrons. The van der Waals surface area contributed by atoms with Crippen molar-refractivity contribution in [2.45, 2.75) is 25.5 Å². The van der Waals surface area contributed by atoms with Crippen LogP contribution in [-0.4, -0.2) is 58.0 Å². The third kappa shape index (κ3) is 2.26. The van der Waals surface area contributed by atoms with Gasteiger partial charge in [0.15, 0.2) is 0 Å². The van der Waals surface area contributed by atoms with Crippen LogP contribution >= 0.6 is 0 Å². The molecule has 2 N–H and O–H groups in total. The first kappa shape index (κ1) is 13.0. The van der Waals surface area contributed by atoms with Crippen LogP contribution < -0.4 is 5.32 Å². The van der Waals surface area contributed by atoms with Crippen LogP contribution in [0.5, 0.6) is 0 Å². The smallest absolute Gasteiger partial charge is 0.272 e. The first-order valence-corrected chi connectivity index (χ1v) is 6.23. The Morgan fingerprint density at radius 3 is 2.89 bits per heavy atom. The molecule has 18 heavy (non-hydrogen) atoms. The highest BCUT2D eigenvalue weighted by molar-refractivity contribution is 5.92. The summed E-state index contributed by atoms with van der Waals surface area (Å²) in [6.07, 6.45) is 0.302. The number of hydrogen-bond donors (Lipinski definition) is 2. The minimum Gasteiger partial charge on any atom is -0.390 e. The number of likely N-dealkylation sites (N-methyl/N-ethyl adjacent to an activating group) is 1. The highest BCUT2D eigenvalue weighted by Crippen LogP contribution is 2.13. The van der Waals surface area contributed by atoms with Crippen molar-refractivity contribution in [1.82, 2.24) is 20.0 Å². The van der Waals surface area contributed by atoms with E-state index in [1.165, 1.54) is 0 Å². The number of aryl methyl sites for hydroxylation is 2. The van der Waals surface area contributed by atoms with E-state index in [0.717, 1.165) is 12.1 Å². The number of amides is 1. The van der Waals surface area contributed by atoms with E-state index in [4.69, 9.17) is 0 Å². The molecule has 2 atom stereocenters. The Morgan fingerprint density at radius 2 is 2.39 bits per heavy atom. The normalized spacial score (nSPS) is 23.3. The summed E-state index contributed by atoms with van der Waals surface area (Å²) in [5.74, 6) is -0.0996. The second kappa shape index (κ2) is 5.07. The van der Waals surface area contributed by atoms with Crippen molar-refractivity contribution in [3.05, 3.63) is 17.5 Å². The molecule has 0 radical (unpaired) electrons. The molecule has 1 aliphatic heterocycles. The minimum absolute atomic E-state index is 0.0996. The zero-order valence-electron chi connectivity index (χ0n) is 11.1. The summed E-state index contributed by atoms with van der Waals surface area (Å²) in [6, 6.07) is 1.64. The zero-order chi connectivity index (χ0) is 13.3. The number of hydrogen-bond acceptors (Lipinski definition) is 4. The fourth-order valence-electron chi connectivity index (χ4n) is 2.28. The third-order valence-electron chi connectivity index (χ3n) is 3.48. The molecule has 1 aromatic rings. The van der Waals surface area contributed by atoms with Crippen LogP contribution in [0.2, 0.25) is 0 Å². The van der Waals surface area contributed by atoms with E-state index in [1.807, 2.05) is 13.0 Å². The van der Waals surface area contributed by atoms with E-state index in [1.54, 1.807) is 23.7 Å². The van der Waals surface area contributed by atoms with Gasteiger partial charge >= 0.3 is 0 Å². The molecule has 0 unspecified atom stereocenters. The third-order valence-corrected chi connectivity index (χ3v) is 3.48. The van der Waals surface area contributed by atoms with Crippen LogP contribution in [0.15, 0.2) is 6.07 Å². The quantitative estimate of drug-likeness (QED) is 0.753. The number of β-amino-alcohol motifs (C(OH)–C–C–N with tert-alkyl or cyclic N) is 1. The maximum absolute atomic E-state index is 12.4. The van der Waals surface area contributed by atoms with Crippen LogP contribution in [0.3, 0.4) is 0 Å². The predicted molar refractivity (Wildman–Crippen MR) is 67.3 cm³/mol. The van der Waals surface area contributed by atoms with Crippen LogP contribution in [0.4, 0.5) is 0 Å². The van der Waals surface area contributed by atoms with Gasteiger partial charge in [0.25, 0.3) is 5.91 Å². The maximum Gasteiger partial charge on any atom is 0.272 e. The molecule has 0 aromatic carbocycles. The van der Waals surface area contributed by atoms with E-state index < -0.39 is 6.10 Å². The minimum atomic E-state index is -0.502. The van der Waals surface area contributed by atoms with Gasteiger partial charge in [-0.1, -0.05) is 6.92 Å². The fourth-order valence-corrected chi connectivity index (χ4v) is 2.28. The highest BCUT2D eigenvalue weighted by Gasteiger charge is 2.32. The molecule has 1 saturated heterocycles. The molecule has 0 aliphatic carbocycles. The molecule has 0 spiro atoms. The van der Waals surface area contributed by atoms with Gasteiger partial charge in [-0.2, -0.15) is 5.10 Å². The number of nitrogens with zero attached hydrogens (tertiary/aromatic N) is 3. The Morgan fingerprint density at radius 1 is 1.67 bits per heavy atom. The summed E-state index contributed by atoms with van der Waals surface area (Å²) in [6.45, 7) is 3.17. The first-order chi connectivity index (χ1) is 8.54. The Kier molecular flexibility index (Phi) is 3.68. The summed E-state index contributed by atoms with van der Waals surface area (Å²) in [4.78, 5) is 14.0. The molecule has 1 aromatic heterocycles. The highest BCUT2D eigenvalue weighted by atomic mass is 16.3. The number of carbonyl (C=O) groups is 1. The number of carbonyl (C=O) groups excluding carboxylic acids is 1. The lowest BCUT2D eigenvalue weighted by molar-refractivity contribution is 0.0571. The van der Waals surface area contributed by atoms with Crippen molar-refractivity contribution in [2.24, 2.45) is 7.05 Å². The summed E-state index contributed by atoms with van der Waals surface area (Å²) in [5, 5.41) is 17.1. The van der Waals surface area contributed by atoms with Gasteiger partial charge in [0.2, 0.25) is 0 Å². The average molecular weight is 252 g/mol. The van der Waals surface area contributed by atoms with Crippen molar-refractivity contribution in [1.29, 1.82) is 0 Å². The molecule has 2 rings (SSSR count). The lowest BCUT2D eigenvalue weighted by Crippen LogP contribution is -2.44. The standard InChI is InChI=1S/C12H20N4O2/c1-4-8-5-9(16(3)14-8)12(18)15(2)10-6-13-7-11(10)17/h5,10-11,13,17H,4,6-7H2,1-3H3/t10-,11-/m1/s1. The lowest BCUT2D eigenvalue weighted by atomic mass is 10.1. The SMILES string of the molecule is CCc1cc(C(=O)N(C)[C@@H]2CNC[C@H]2O)n(C)n1. The second-order valence-corrected chi connectivity index (χ2v) is 4.71. The molecular formula is C12H20N4O2. The topological polar surface area (TPSA) is 70.4 Å². The largest absolute Gasteiger partial charge is 0.390 e. The lowest BCUT2D eigenvalue weighted by Gasteiger charge is -2.26. The first-order valence-electron chi connectivity index (χ1n) is 6.23. The van der Waals surface area contributed by atoms with Gasteiger partial charge in [-0.3, -0.25) is 9.48 Å². The van der Waals surface area contributed by atoms with E-state index >= 15 is 0 Å². The molecule has 2 heterocycles. The van der Waals surface area contributed by atoms with Gasteiger partial charge in [-0.05, 0) is 12.5 Å². The van der Waals surface area contributed by atoms with Crippen LogP contribution in [0, 0.1) is 0 Å². The van der Waals surface area contributed by atoms with Crippen LogP contribution in [0.25, 0.3) is 0 Å². The molecule has 6 heteroatoms. The van der Waals surface area contributed by atoms with Gasteiger partial charge in [-0.15, -0.1) is 0 Å². The summed E-state index contributed by atoms with van der Waals surface area (Å²) < 4.78 is 1.60. The molecule has 6 nitrogen and oxygen atoms in total. The maximum atomic E-state index is 12.4. The number of aromatic nitrogens is 2. The van der Waals surface area contributed by atoms with Crippen molar-refractivity contribution >= 4 is 5.91 Å². The Bertz CT molecular complexity index is 443. The van der Waals surface area contributed by atoms with Crippen molar-refractivity contribution in [2.75, 3.05) is 20.1 Å². The van der Waals surface area contributed by atoms with Gasteiger partial charge < -0.3 is 15.3 Å². The van der Waals surface area contributed by atoms with Crippen molar-refractivity contribution < 1.29 is 9.90 Å². The number of nitrogens with one attached hydrogen (secondary N) is 1. The monoisotopic (exact) mass is 252 g/mol. The van der Waals surface area contributed by atoms with Crippen molar-refractivity contribution in [3.63, 3.8) is 0 Å². The van der Waals surface area contributed by atoms with Crippen LogP contribution in [-0.2, 0) is 13.5 Å². The van der Waals surface area contributed by atoms with Gasteiger partial charge in [0.1, 0.15) is 5.69 Å². The van der Waals surface area contributed by atoms with E-state index in [2.05, 4.69) is 10.4 Å². The van der Waals surface area contributed by atoms with Gasteiger partial charge in [-0.25, -0.2) is 0 Å². The molecule has 1 aliphatic rings. The van der Waals surface area contributed by atoms with Crippen LogP contribution in [0.1, 0.15) is 23.1 Å². The Hall–Kier alpha value is -1.40. The van der Waals surface area contributed by atoms with Gasteiger partial charge in [0.05, 0.1) is 17.8 Å². The Labute approximate surface area is 107 Å². The van der Waals surface area contributed by atoms with E-state index in [0.29, 0.717) is 18.8 Å². The molecule has 0 saturated carbocycles.